The third kappa shape index (κ3) is 8.21. The molecule has 1 N–H and O–H groups in total. The molecule has 0 bridgehead atoms. The Labute approximate surface area is 212 Å². The average molecular weight is 505 g/mol. The molecule has 3 aromatic carbocycles. The second kappa shape index (κ2) is 12.9. The maximum atomic E-state index is 12.9. The quantitative estimate of drug-likeness (QED) is 0.303. The minimum Gasteiger partial charge on any atom is -0.457 e. The first-order valence-corrected chi connectivity index (χ1v) is 11.4. The van der Waals surface area contributed by atoms with Gasteiger partial charge in [0.15, 0.2) is 18.5 Å². The fourth-order valence-electron chi connectivity index (χ4n) is 3.19. The minimum absolute atomic E-state index is 0.188. The number of amides is 1. The van der Waals surface area contributed by atoms with Crippen LogP contribution in [-0.4, -0.2) is 42.1 Å². The number of halogens is 1. The van der Waals surface area contributed by atoms with E-state index >= 15 is 0 Å². The molecule has 0 aliphatic carbocycles. The summed E-state index contributed by atoms with van der Waals surface area (Å²) in [6.07, 6.45) is -1.41. The zero-order chi connectivity index (χ0) is 26.8. The van der Waals surface area contributed by atoms with Crippen molar-refractivity contribution in [2.45, 2.75) is 25.9 Å². The number of ether oxygens (including phenoxy) is 2. The van der Waals surface area contributed by atoms with Crippen LogP contribution in [0.25, 0.3) is 0 Å². The molecule has 0 unspecified atom stereocenters. The number of carbonyl (C=O) groups excluding carboxylic acids is 5. The Morgan fingerprint density at radius 2 is 1.41 bits per heavy atom. The van der Waals surface area contributed by atoms with Crippen molar-refractivity contribution in [2.24, 2.45) is 0 Å². The monoisotopic (exact) mass is 505 g/mol. The van der Waals surface area contributed by atoms with Crippen molar-refractivity contribution in [2.75, 3.05) is 11.9 Å². The van der Waals surface area contributed by atoms with E-state index < -0.39 is 42.2 Å². The Kier molecular flexibility index (Phi) is 9.37. The third-order valence-corrected chi connectivity index (χ3v) is 5.20. The maximum Gasteiger partial charge on any atom is 0.338 e. The van der Waals surface area contributed by atoms with Gasteiger partial charge < -0.3 is 14.8 Å². The molecule has 0 spiro atoms. The highest BCUT2D eigenvalue weighted by molar-refractivity contribution is 6.01. The van der Waals surface area contributed by atoms with Gasteiger partial charge in [0.2, 0.25) is 11.7 Å². The van der Waals surface area contributed by atoms with Crippen molar-refractivity contribution in [3.05, 3.63) is 101 Å². The molecule has 1 amide bonds. The highest BCUT2D eigenvalue weighted by atomic mass is 19.1. The van der Waals surface area contributed by atoms with Crippen LogP contribution < -0.4 is 5.32 Å². The summed E-state index contributed by atoms with van der Waals surface area (Å²) in [6, 6.07) is 19.2. The number of Topliss-reactive ketones (excluding diaryl/α,β-unsaturated/α-hetero) is 2. The Balaban J connectivity index is 1.41. The topological polar surface area (TPSA) is 116 Å². The van der Waals surface area contributed by atoms with Crippen molar-refractivity contribution in [1.82, 2.24) is 0 Å². The number of hydrogen-bond acceptors (Lipinski definition) is 7. The summed E-state index contributed by atoms with van der Waals surface area (Å²) in [7, 11) is 0. The van der Waals surface area contributed by atoms with Gasteiger partial charge in [-0.2, -0.15) is 0 Å². The molecule has 190 valence electrons. The lowest BCUT2D eigenvalue weighted by Gasteiger charge is -2.12. The fourth-order valence-corrected chi connectivity index (χ4v) is 3.19. The first-order chi connectivity index (χ1) is 17.7. The van der Waals surface area contributed by atoms with E-state index in [1.807, 2.05) is 0 Å². The zero-order valence-corrected chi connectivity index (χ0v) is 19.9. The summed E-state index contributed by atoms with van der Waals surface area (Å²) in [5.41, 5.74) is 1.22. The van der Waals surface area contributed by atoms with Gasteiger partial charge in [-0.15, -0.1) is 0 Å². The van der Waals surface area contributed by atoms with Gasteiger partial charge in [0.05, 0.1) is 12.0 Å². The van der Waals surface area contributed by atoms with Crippen LogP contribution in [-0.2, 0) is 19.1 Å². The Morgan fingerprint density at radius 3 is 2.05 bits per heavy atom. The molecule has 0 saturated heterocycles. The van der Waals surface area contributed by atoms with Crippen LogP contribution in [0, 0.1) is 5.82 Å². The van der Waals surface area contributed by atoms with E-state index in [0.717, 1.165) is 12.1 Å². The highest BCUT2D eigenvalue weighted by Gasteiger charge is 2.20. The summed E-state index contributed by atoms with van der Waals surface area (Å²) in [5, 5.41) is 2.58. The van der Waals surface area contributed by atoms with E-state index in [4.69, 9.17) is 9.47 Å². The van der Waals surface area contributed by atoms with Crippen molar-refractivity contribution >= 4 is 35.1 Å². The zero-order valence-electron chi connectivity index (χ0n) is 19.9. The summed E-state index contributed by atoms with van der Waals surface area (Å²) >= 11 is 0. The van der Waals surface area contributed by atoms with Crippen molar-refractivity contribution in [1.29, 1.82) is 0 Å². The van der Waals surface area contributed by atoms with Crippen LogP contribution in [0.5, 0.6) is 0 Å². The lowest BCUT2D eigenvalue weighted by molar-refractivity contribution is -0.143. The van der Waals surface area contributed by atoms with Crippen molar-refractivity contribution in [3.63, 3.8) is 0 Å². The number of benzene rings is 3. The first-order valence-electron chi connectivity index (χ1n) is 11.4. The molecule has 0 radical (unpaired) electrons. The van der Waals surface area contributed by atoms with Gasteiger partial charge in [0.25, 0.3) is 0 Å². The molecule has 9 heteroatoms. The van der Waals surface area contributed by atoms with Gasteiger partial charge in [0, 0.05) is 23.2 Å². The number of rotatable bonds is 11. The summed E-state index contributed by atoms with van der Waals surface area (Å²) < 4.78 is 23.0. The number of ketones is 2. The second-order valence-corrected chi connectivity index (χ2v) is 7.99. The SMILES string of the molecule is C[C@H](OC(=O)c1ccc(NC(=O)CCC(=O)OCC(=O)c2ccc(F)cc2)cc1)C(=O)c1ccccc1. The largest absolute Gasteiger partial charge is 0.457 e. The minimum atomic E-state index is -0.972. The number of esters is 2. The van der Waals surface area contributed by atoms with Crippen LogP contribution in [0.4, 0.5) is 10.1 Å². The molecule has 8 nitrogen and oxygen atoms in total. The van der Waals surface area contributed by atoms with Crippen LogP contribution in [0.15, 0.2) is 78.9 Å². The number of anilines is 1. The lowest BCUT2D eigenvalue weighted by Crippen LogP contribution is -2.24. The van der Waals surface area contributed by atoms with E-state index in [1.165, 1.54) is 43.3 Å². The van der Waals surface area contributed by atoms with Gasteiger partial charge >= 0.3 is 11.9 Å². The number of carbonyl (C=O) groups is 5. The molecule has 0 aromatic heterocycles. The Bertz CT molecular complexity index is 1270. The van der Waals surface area contributed by atoms with E-state index in [0.29, 0.717) is 11.3 Å². The van der Waals surface area contributed by atoms with Crippen LogP contribution in [0.2, 0.25) is 0 Å². The smallest absolute Gasteiger partial charge is 0.338 e. The van der Waals surface area contributed by atoms with Gasteiger partial charge in [-0.3, -0.25) is 19.2 Å². The van der Waals surface area contributed by atoms with Gasteiger partial charge in [-0.1, -0.05) is 30.3 Å². The average Bonchev–Trinajstić information content (AvgIpc) is 2.91. The highest BCUT2D eigenvalue weighted by Crippen LogP contribution is 2.14. The van der Waals surface area contributed by atoms with E-state index in [1.54, 1.807) is 30.3 Å². The molecular weight excluding hydrogens is 481 g/mol. The molecule has 3 aromatic rings. The predicted octanol–water partition coefficient (Wildman–Crippen LogP) is 4.40. The number of nitrogens with one attached hydrogen (secondary N) is 1. The number of hydrogen-bond donors (Lipinski definition) is 1. The lowest BCUT2D eigenvalue weighted by atomic mass is 10.1. The fraction of sp³-hybridized carbons (Fsp3) is 0.179. The van der Waals surface area contributed by atoms with E-state index in [9.17, 15) is 28.4 Å². The Hall–Kier alpha value is -4.66. The Morgan fingerprint density at radius 1 is 0.784 bits per heavy atom. The molecule has 37 heavy (non-hydrogen) atoms. The van der Waals surface area contributed by atoms with Crippen LogP contribution in [0.1, 0.15) is 50.8 Å². The van der Waals surface area contributed by atoms with Gasteiger partial charge in [-0.25, -0.2) is 9.18 Å². The molecule has 0 aliphatic heterocycles. The molecule has 0 fully saturated rings. The van der Waals surface area contributed by atoms with E-state index in [2.05, 4.69) is 5.32 Å². The van der Waals surface area contributed by atoms with Crippen LogP contribution in [0.3, 0.4) is 0 Å². The standard InChI is InChI=1S/C28H24FNO7/c1-18(27(34)20-5-3-2-4-6-20)37-28(35)21-9-13-23(14-10-21)30-25(32)15-16-26(33)36-17-24(31)19-7-11-22(29)12-8-19/h2-14,18H,15-17H2,1H3,(H,30,32)/t18-/m0/s1. The molecule has 1 atom stereocenters. The summed E-state index contributed by atoms with van der Waals surface area (Å²) in [4.78, 5) is 60.6. The van der Waals surface area contributed by atoms with E-state index in [-0.39, 0.29) is 29.8 Å². The maximum absolute atomic E-state index is 12.9. The normalized spacial score (nSPS) is 11.2. The second-order valence-electron chi connectivity index (χ2n) is 7.99. The molecule has 0 aliphatic rings. The molecular formula is C28H24FNO7. The summed E-state index contributed by atoms with van der Waals surface area (Å²) in [6.45, 7) is 0.977. The van der Waals surface area contributed by atoms with Crippen LogP contribution >= 0.6 is 0 Å². The molecule has 0 saturated carbocycles. The molecule has 0 heterocycles. The molecule has 3 rings (SSSR count). The van der Waals surface area contributed by atoms with Crippen molar-refractivity contribution < 1.29 is 37.8 Å². The predicted molar refractivity (Wildman–Crippen MR) is 132 cm³/mol. The van der Waals surface area contributed by atoms with Crippen molar-refractivity contribution in [3.8, 4) is 0 Å². The van der Waals surface area contributed by atoms with Gasteiger partial charge in [-0.05, 0) is 55.5 Å². The first kappa shape index (κ1) is 26.9. The third-order valence-electron chi connectivity index (χ3n) is 5.20. The van der Waals surface area contributed by atoms with Gasteiger partial charge in [0.1, 0.15) is 5.82 Å². The summed E-state index contributed by atoms with van der Waals surface area (Å²) in [5.74, 6) is -3.19.